The molecule has 2 fully saturated rings. The third kappa shape index (κ3) is 2.90. The van der Waals surface area contributed by atoms with E-state index in [1.807, 2.05) is 0 Å². The minimum Gasteiger partial charge on any atom is -0.479 e. The summed E-state index contributed by atoms with van der Waals surface area (Å²) in [6.07, 6.45) is 0.197. The molecule has 1 aromatic rings. The van der Waals surface area contributed by atoms with Gasteiger partial charge in [0, 0.05) is 31.7 Å². The lowest BCUT2D eigenvalue weighted by atomic mass is 9.98. The largest absolute Gasteiger partial charge is 0.479 e. The number of nitrogens with zero attached hydrogens (tertiary/aromatic N) is 1. The number of hydrogen-bond donors (Lipinski definition) is 3. The van der Waals surface area contributed by atoms with Gasteiger partial charge >= 0.3 is 12.0 Å². The molecule has 2 aliphatic heterocycles. The molecule has 3 amide bonds. The summed E-state index contributed by atoms with van der Waals surface area (Å²) in [5.74, 6) is -1.69. The van der Waals surface area contributed by atoms with Gasteiger partial charge in [0.1, 0.15) is 0 Å². The van der Waals surface area contributed by atoms with Crippen LogP contribution in [0, 0.1) is 0 Å². The van der Waals surface area contributed by atoms with Crippen molar-refractivity contribution >= 4 is 35.2 Å². The molecule has 0 aliphatic carbocycles. The minimum atomic E-state index is -1.43. The van der Waals surface area contributed by atoms with E-state index in [-0.39, 0.29) is 31.2 Å². The normalized spacial score (nSPS) is 23.2. The maximum absolute atomic E-state index is 12.5. The molecule has 0 bridgehead atoms. The number of urea groups is 1. The van der Waals surface area contributed by atoms with Crippen molar-refractivity contribution in [2.45, 2.75) is 12.0 Å². The summed E-state index contributed by atoms with van der Waals surface area (Å²) >= 11 is 6.13. The van der Waals surface area contributed by atoms with Gasteiger partial charge in [-0.15, -0.1) is 0 Å². The van der Waals surface area contributed by atoms with Crippen LogP contribution in [0.5, 0.6) is 0 Å². The van der Waals surface area contributed by atoms with Crippen LogP contribution in [0.4, 0.5) is 10.5 Å². The lowest BCUT2D eigenvalue weighted by molar-refractivity contribution is -0.144. The monoisotopic (exact) mass is 353 g/mol. The number of aliphatic carboxylic acids is 1. The minimum absolute atomic E-state index is 0.0803. The van der Waals surface area contributed by atoms with Crippen LogP contribution in [0.25, 0.3) is 0 Å². The highest BCUT2D eigenvalue weighted by Gasteiger charge is 2.44. The summed E-state index contributed by atoms with van der Waals surface area (Å²) in [6, 6.07) is 4.19. The zero-order valence-electron chi connectivity index (χ0n) is 12.7. The van der Waals surface area contributed by atoms with Crippen molar-refractivity contribution in [2.75, 3.05) is 31.2 Å². The predicted molar refractivity (Wildman–Crippen MR) is 85.5 cm³/mol. The van der Waals surface area contributed by atoms with E-state index in [4.69, 9.17) is 16.3 Å². The highest BCUT2D eigenvalue weighted by Crippen LogP contribution is 2.29. The fourth-order valence-corrected chi connectivity index (χ4v) is 2.96. The summed E-state index contributed by atoms with van der Waals surface area (Å²) in [7, 11) is 0. The number of anilines is 1. The molecule has 0 spiro atoms. The number of halogens is 1. The molecule has 1 atom stereocenters. The van der Waals surface area contributed by atoms with Crippen molar-refractivity contribution in [1.29, 1.82) is 0 Å². The second-order valence-corrected chi connectivity index (χ2v) is 6.10. The Morgan fingerprint density at radius 3 is 2.79 bits per heavy atom. The van der Waals surface area contributed by atoms with E-state index in [0.717, 1.165) is 0 Å². The molecule has 0 aromatic heterocycles. The van der Waals surface area contributed by atoms with Gasteiger partial charge in [0.25, 0.3) is 5.91 Å². The number of carboxylic acids is 1. The number of ether oxygens (including phenoxy) is 1. The van der Waals surface area contributed by atoms with Gasteiger partial charge in [-0.05, 0) is 18.2 Å². The Kier molecular flexibility index (Phi) is 4.33. The molecular weight excluding hydrogens is 338 g/mol. The molecule has 24 heavy (non-hydrogen) atoms. The van der Waals surface area contributed by atoms with E-state index in [9.17, 15) is 19.5 Å². The van der Waals surface area contributed by atoms with Crippen molar-refractivity contribution in [3.63, 3.8) is 0 Å². The first kappa shape index (κ1) is 16.5. The van der Waals surface area contributed by atoms with Crippen molar-refractivity contribution in [2.24, 2.45) is 0 Å². The van der Waals surface area contributed by atoms with Gasteiger partial charge in [-0.3, -0.25) is 9.69 Å². The molecule has 3 rings (SSSR count). The van der Waals surface area contributed by atoms with E-state index in [1.54, 1.807) is 0 Å². The Balaban J connectivity index is 1.85. The van der Waals surface area contributed by atoms with Gasteiger partial charge in [0.2, 0.25) is 0 Å². The topological polar surface area (TPSA) is 108 Å². The Morgan fingerprint density at radius 1 is 1.42 bits per heavy atom. The van der Waals surface area contributed by atoms with Crippen LogP contribution in [0.3, 0.4) is 0 Å². The first-order valence-corrected chi connectivity index (χ1v) is 7.79. The third-order valence-electron chi connectivity index (χ3n) is 4.14. The van der Waals surface area contributed by atoms with Gasteiger partial charge in [-0.2, -0.15) is 0 Å². The van der Waals surface area contributed by atoms with Crippen molar-refractivity contribution in [3.8, 4) is 0 Å². The fourth-order valence-electron chi connectivity index (χ4n) is 2.74. The van der Waals surface area contributed by atoms with Crippen molar-refractivity contribution < 1.29 is 24.2 Å². The average Bonchev–Trinajstić information content (AvgIpc) is 3.17. The van der Waals surface area contributed by atoms with E-state index in [0.29, 0.717) is 23.8 Å². The average molecular weight is 354 g/mol. The number of benzene rings is 1. The molecule has 0 saturated carbocycles. The van der Waals surface area contributed by atoms with Crippen LogP contribution in [-0.4, -0.2) is 54.9 Å². The number of amides is 3. The fraction of sp³-hybridized carbons (Fsp3) is 0.400. The van der Waals surface area contributed by atoms with E-state index in [2.05, 4.69) is 10.6 Å². The maximum Gasteiger partial charge on any atom is 0.331 e. The molecular formula is C15H16ClN3O5. The van der Waals surface area contributed by atoms with Crippen molar-refractivity contribution in [3.05, 3.63) is 28.8 Å². The summed E-state index contributed by atoms with van der Waals surface area (Å²) in [6.45, 7) is 1.12. The van der Waals surface area contributed by atoms with Gasteiger partial charge in [0.15, 0.2) is 5.54 Å². The van der Waals surface area contributed by atoms with Crippen LogP contribution in [0.15, 0.2) is 18.2 Å². The molecule has 1 aromatic carbocycles. The zero-order chi connectivity index (χ0) is 17.3. The second-order valence-electron chi connectivity index (χ2n) is 5.69. The van der Waals surface area contributed by atoms with Gasteiger partial charge in [-0.1, -0.05) is 11.6 Å². The molecule has 1 unspecified atom stereocenters. The summed E-state index contributed by atoms with van der Waals surface area (Å²) < 4.78 is 5.12. The Hall–Kier alpha value is -2.32. The van der Waals surface area contributed by atoms with E-state index >= 15 is 0 Å². The zero-order valence-corrected chi connectivity index (χ0v) is 13.4. The van der Waals surface area contributed by atoms with Crippen LogP contribution < -0.4 is 15.5 Å². The number of carboxylic acid groups (broad SMARTS) is 1. The molecule has 3 N–H and O–H groups in total. The van der Waals surface area contributed by atoms with E-state index in [1.165, 1.54) is 23.1 Å². The molecule has 8 nitrogen and oxygen atoms in total. The highest BCUT2D eigenvalue weighted by atomic mass is 35.5. The standard InChI is InChI=1S/C15H16ClN3O5/c16-10-2-1-9(7-11(10)19-5-4-17-14(19)23)12(20)18-15(13(21)22)3-6-24-8-15/h1-2,7H,3-6,8H2,(H,17,23)(H,18,20)(H,21,22). The molecule has 9 heteroatoms. The number of rotatable bonds is 4. The van der Waals surface area contributed by atoms with Gasteiger partial charge < -0.3 is 20.5 Å². The lowest BCUT2D eigenvalue weighted by Gasteiger charge is -2.24. The first-order chi connectivity index (χ1) is 11.4. The SMILES string of the molecule is O=C(NC1(C(=O)O)CCOC1)c1ccc(Cl)c(N2CCNC2=O)c1. The Labute approximate surface area is 142 Å². The number of carbonyl (C=O) groups is 3. The summed E-state index contributed by atoms with van der Waals surface area (Å²) in [4.78, 5) is 37.2. The lowest BCUT2D eigenvalue weighted by Crippen LogP contribution is -2.55. The molecule has 2 aliphatic rings. The molecule has 2 saturated heterocycles. The Bertz CT molecular complexity index is 702. The second kappa shape index (κ2) is 6.29. The first-order valence-electron chi connectivity index (χ1n) is 7.41. The molecule has 128 valence electrons. The number of nitrogens with one attached hydrogen (secondary N) is 2. The third-order valence-corrected chi connectivity index (χ3v) is 4.46. The van der Waals surface area contributed by atoms with Crippen LogP contribution in [0.2, 0.25) is 5.02 Å². The van der Waals surface area contributed by atoms with Crippen LogP contribution in [0.1, 0.15) is 16.8 Å². The number of carbonyl (C=O) groups excluding carboxylic acids is 2. The van der Waals surface area contributed by atoms with E-state index < -0.39 is 17.4 Å². The molecule has 2 heterocycles. The quantitative estimate of drug-likeness (QED) is 0.743. The smallest absolute Gasteiger partial charge is 0.331 e. The summed E-state index contributed by atoms with van der Waals surface area (Å²) in [5, 5.41) is 14.9. The number of hydrogen-bond acceptors (Lipinski definition) is 4. The van der Waals surface area contributed by atoms with Gasteiger partial charge in [0.05, 0.1) is 17.3 Å². The van der Waals surface area contributed by atoms with Crippen molar-refractivity contribution in [1.82, 2.24) is 10.6 Å². The summed E-state index contributed by atoms with van der Waals surface area (Å²) in [5.41, 5.74) is -0.796. The predicted octanol–water partition coefficient (Wildman–Crippen LogP) is 0.843. The molecule has 0 radical (unpaired) electrons. The van der Waals surface area contributed by atoms with Crippen LogP contribution in [-0.2, 0) is 9.53 Å². The van der Waals surface area contributed by atoms with Gasteiger partial charge in [-0.25, -0.2) is 9.59 Å². The van der Waals surface area contributed by atoms with Crippen LogP contribution >= 0.6 is 11.6 Å². The Morgan fingerprint density at radius 2 is 2.21 bits per heavy atom. The highest BCUT2D eigenvalue weighted by molar-refractivity contribution is 6.34. The maximum atomic E-state index is 12.5.